The van der Waals surface area contributed by atoms with Gasteiger partial charge in [0.2, 0.25) is 0 Å². The lowest BCUT2D eigenvalue weighted by Crippen LogP contribution is -2.42. The number of carbonyl (C=O) groups excluding carboxylic acids is 1. The van der Waals surface area contributed by atoms with Gasteiger partial charge in [-0.05, 0) is 49.6 Å². The van der Waals surface area contributed by atoms with Crippen LogP contribution in [0.2, 0.25) is 0 Å². The molecule has 1 aliphatic rings. The van der Waals surface area contributed by atoms with Crippen molar-refractivity contribution in [2.24, 2.45) is 0 Å². The summed E-state index contributed by atoms with van der Waals surface area (Å²) in [5.41, 5.74) is 4.87. The van der Waals surface area contributed by atoms with E-state index in [9.17, 15) is 14.7 Å². The molecule has 1 N–H and O–H groups in total. The van der Waals surface area contributed by atoms with Crippen LogP contribution in [0.3, 0.4) is 0 Å². The standard InChI is InChI=1S/C29H29N3O5/c1-18-12-13-22-24(31(18)29(35)37-3)14-15-25-27(22)30-26(32(25)20-10-7-11-21(16-20)36-2)17-23(28(33)34)19-8-5-4-6-9-19/h4-11,14-16,18,23H,12-13,17H2,1-3H3,(H,33,34)/t18-,23-/m0/s1. The first-order valence-electron chi connectivity index (χ1n) is 12.3. The molecule has 1 amide bonds. The summed E-state index contributed by atoms with van der Waals surface area (Å²) in [7, 11) is 2.99. The van der Waals surface area contributed by atoms with Crippen LogP contribution in [0.5, 0.6) is 5.75 Å². The predicted octanol–water partition coefficient (Wildman–Crippen LogP) is 5.35. The Labute approximate surface area is 215 Å². The van der Waals surface area contributed by atoms with Gasteiger partial charge in [-0.15, -0.1) is 0 Å². The Kier molecular flexibility index (Phi) is 6.56. The Balaban J connectivity index is 1.72. The summed E-state index contributed by atoms with van der Waals surface area (Å²) in [4.78, 5) is 31.7. The second-order valence-electron chi connectivity index (χ2n) is 9.23. The first-order valence-corrected chi connectivity index (χ1v) is 12.3. The zero-order valence-corrected chi connectivity index (χ0v) is 21.0. The van der Waals surface area contributed by atoms with Crippen LogP contribution in [0.15, 0.2) is 66.7 Å². The van der Waals surface area contributed by atoms with Gasteiger partial charge < -0.3 is 14.6 Å². The molecule has 0 bridgehead atoms. The fourth-order valence-corrected chi connectivity index (χ4v) is 5.20. The van der Waals surface area contributed by atoms with Crippen LogP contribution >= 0.6 is 0 Å². The molecule has 0 spiro atoms. The number of fused-ring (bicyclic) bond motifs is 3. The van der Waals surface area contributed by atoms with E-state index in [-0.39, 0.29) is 12.5 Å². The molecule has 2 heterocycles. The van der Waals surface area contributed by atoms with E-state index in [0.717, 1.165) is 40.8 Å². The monoisotopic (exact) mass is 499 g/mol. The SMILES string of the molecule is COC(=O)N1c2ccc3c(nc(C[C@H](C(=O)O)c4ccccc4)n3-c3cccc(OC)c3)c2CC[C@@H]1C. The number of benzene rings is 3. The first kappa shape index (κ1) is 24.4. The highest BCUT2D eigenvalue weighted by Gasteiger charge is 2.32. The minimum atomic E-state index is -0.914. The van der Waals surface area contributed by atoms with Crippen LogP contribution < -0.4 is 9.64 Å². The number of anilines is 1. The summed E-state index contributed by atoms with van der Waals surface area (Å²) < 4.78 is 12.5. The number of nitrogens with zero attached hydrogens (tertiary/aromatic N) is 3. The molecule has 0 saturated heterocycles. The summed E-state index contributed by atoms with van der Waals surface area (Å²) in [5, 5.41) is 10.1. The Hall–Kier alpha value is -4.33. The number of hydrogen-bond acceptors (Lipinski definition) is 5. The second kappa shape index (κ2) is 9.97. The molecule has 0 radical (unpaired) electrons. The molecule has 37 heavy (non-hydrogen) atoms. The molecule has 4 aromatic rings. The van der Waals surface area contributed by atoms with Gasteiger partial charge in [0.05, 0.1) is 42.5 Å². The van der Waals surface area contributed by atoms with Crippen molar-refractivity contribution in [2.75, 3.05) is 19.1 Å². The third kappa shape index (κ3) is 4.39. The normalized spacial score (nSPS) is 15.8. The van der Waals surface area contributed by atoms with E-state index in [0.29, 0.717) is 17.1 Å². The van der Waals surface area contributed by atoms with E-state index in [1.54, 1.807) is 12.0 Å². The van der Waals surface area contributed by atoms with E-state index in [1.165, 1.54) is 7.11 Å². The van der Waals surface area contributed by atoms with Gasteiger partial charge in [0.1, 0.15) is 11.6 Å². The molecule has 1 aliphatic heterocycles. The molecule has 2 atom stereocenters. The number of carbonyl (C=O) groups is 2. The Morgan fingerprint density at radius 2 is 1.86 bits per heavy atom. The molecular formula is C29H29N3O5. The van der Waals surface area contributed by atoms with Crippen molar-refractivity contribution >= 4 is 28.8 Å². The predicted molar refractivity (Wildman–Crippen MR) is 141 cm³/mol. The van der Waals surface area contributed by atoms with Crippen LogP contribution in [0, 0.1) is 0 Å². The van der Waals surface area contributed by atoms with Crippen molar-refractivity contribution in [3.63, 3.8) is 0 Å². The lowest BCUT2D eigenvalue weighted by Gasteiger charge is -2.34. The first-order chi connectivity index (χ1) is 17.9. The highest BCUT2D eigenvalue weighted by Crippen LogP contribution is 2.38. The van der Waals surface area contributed by atoms with Crippen molar-refractivity contribution in [1.29, 1.82) is 0 Å². The number of aryl methyl sites for hydroxylation is 1. The van der Waals surface area contributed by atoms with Crippen LogP contribution in [0.1, 0.15) is 36.2 Å². The highest BCUT2D eigenvalue weighted by atomic mass is 16.5. The molecular weight excluding hydrogens is 470 g/mol. The maximum Gasteiger partial charge on any atom is 0.414 e. The molecule has 8 heteroatoms. The number of imidazole rings is 1. The molecule has 8 nitrogen and oxygen atoms in total. The fourth-order valence-electron chi connectivity index (χ4n) is 5.20. The smallest absolute Gasteiger partial charge is 0.414 e. The lowest BCUT2D eigenvalue weighted by atomic mass is 9.95. The summed E-state index contributed by atoms with van der Waals surface area (Å²) in [5.74, 6) is -0.379. The quantitative estimate of drug-likeness (QED) is 0.384. The Morgan fingerprint density at radius 3 is 2.57 bits per heavy atom. The van der Waals surface area contributed by atoms with Crippen molar-refractivity contribution < 1.29 is 24.2 Å². The van der Waals surface area contributed by atoms with Gasteiger partial charge in [-0.3, -0.25) is 14.3 Å². The Bertz CT molecular complexity index is 1460. The minimum Gasteiger partial charge on any atom is -0.497 e. The lowest BCUT2D eigenvalue weighted by molar-refractivity contribution is -0.138. The van der Waals surface area contributed by atoms with Crippen LogP contribution in [-0.4, -0.2) is 47.0 Å². The largest absolute Gasteiger partial charge is 0.497 e. The number of carboxylic acid groups (broad SMARTS) is 1. The van der Waals surface area contributed by atoms with Gasteiger partial charge in [0.15, 0.2) is 0 Å². The number of methoxy groups -OCH3 is 2. The van der Waals surface area contributed by atoms with Crippen LogP contribution in [-0.2, 0) is 22.4 Å². The van der Waals surface area contributed by atoms with Gasteiger partial charge in [-0.1, -0.05) is 36.4 Å². The molecule has 3 aromatic carbocycles. The third-order valence-electron chi connectivity index (χ3n) is 7.06. The number of hydrogen-bond donors (Lipinski definition) is 1. The molecule has 5 rings (SSSR count). The second-order valence-corrected chi connectivity index (χ2v) is 9.23. The highest BCUT2D eigenvalue weighted by molar-refractivity contribution is 5.96. The van der Waals surface area contributed by atoms with Crippen LogP contribution in [0.4, 0.5) is 10.5 Å². The van der Waals surface area contributed by atoms with Crippen LogP contribution in [0.25, 0.3) is 16.7 Å². The molecule has 190 valence electrons. The number of aliphatic carboxylic acids is 1. The molecule has 1 aromatic heterocycles. The molecule has 0 unspecified atom stereocenters. The van der Waals surface area contributed by atoms with Gasteiger partial charge in [0.25, 0.3) is 0 Å². The number of rotatable bonds is 6. The average Bonchev–Trinajstić information content (AvgIpc) is 3.30. The van der Waals surface area contributed by atoms with E-state index < -0.39 is 18.0 Å². The Morgan fingerprint density at radius 1 is 1.08 bits per heavy atom. The third-order valence-corrected chi connectivity index (χ3v) is 7.06. The number of aromatic nitrogens is 2. The summed E-state index contributed by atoms with van der Waals surface area (Å²) in [6, 6.07) is 20.7. The summed E-state index contributed by atoms with van der Waals surface area (Å²) in [6.45, 7) is 2.00. The van der Waals surface area contributed by atoms with Crippen molar-refractivity contribution in [1.82, 2.24) is 9.55 Å². The van der Waals surface area contributed by atoms with Crippen molar-refractivity contribution in [3.8, 4) is 11.4 Å². The maximum atomic E-state index is 12.6. The van der Waals surface area contributed by atoms with Crippen molar-refractivity contribution in [3.05, 3.63) is 83.7 Å². The zero-order valence-electron chi connectivity index (χ0n) is 21.0. The van der Waals surface area contributed by atoms with E-state index in [4.69, 9.17) is 14.5 Å². The molecule has 0 aliphatic carbocycles. The summed E-state index contributed by atoms with van der Waals surface area (Å²) in [6.07, 6.45) is 1.30. The van der Waals surface area contributed by atoms with Gasteiger partial charge in [-0.25, -0.2) is 9.78 Å². The van der Waals surface area contributed by atoms with Gasteiger partial charge >= 0.3 is 12.1 Å². The van der Waals surface area contributed by atoms with Gasteiger partial charge in [-0.2, -0.15) is 0 Å². The summed E-state index contributed by atoms with van der Waals surface area (Å²) >= 11 is 0. The number of amides is 1. The topological polar surface area (TPSA) is 93.9 Å². The maximum absolute atomic E-state index is 12.6. The fraction of sp³-hybridized carbons (Fsp3) is 0.276. The average molecular weight is 500 g/mol. The number of ether oxygens (including phenoxy) is 2. The minimum absolute atomic E-state index is 0.00758. The van der Waals surface area contributed by atoms with E-state index in [2.05, 4.69) is 0 Å². The van der Waals surface area contributed by atoms with E-state index in [1.807, 2.05) is 78.2 Å². The number of carboxylic acids is 1. The zero-order chi connectivity index (χ0) is 26.1. The molecule has 0 fully saturated rings. The van der Waals surface area contributed by atoms with E-state index >= 15 is 0 Å². The van der Waals surface area contributed by atoms with Crippen molar-refractivity contribution in [2.45, 2.75) is 38.1 Å². The molecule has 0 saturated carbocycles. The van der Waals surface area contributed by atoms with Gasteiger partial charge in [0, 0.05) is 24.1 Å².